The minimum Gasteiger partial charge on any atom is -0.483 e. The lowest BCUT2D eigenvalue weighted by atomic mass is 10.2. The van der Waals surface area contributed by atoms with Crippen LogP contribution in [0.5, 0.6) is 5.75 Å². The summed E-state index contributed by atoms with van der Waals surface area (Å²) in [7, 11) is 0. The van der Waals surface area contributed by atoms with Crippen molar-refractivity contribution in [2.75, 3.05) is 11.1 Å². The van der Waals surface area contributed by atoms with E-state index in [-0.39, 0.29) is 17.8 Å². The Morgan fingerprint density at radius 1 is 1.39 bits per heavy atom. The Labute approximate surface area is 189 Å². The van der Waals surface area contributed by atoms with Crippen LogP contribution in [0.25, 0.3) is 0 Å². The van der Waals surface area contributed by atoms with Gasteiger partial charge in [-0.3, -0.25) is 9.36 Å². The van der Waals surface area contributed by atoms with Gasteiger partial charge in [0.25, 0.3) is 0 Å². The molecule has 1 amide bonds. The van der Waals surface area contributed by atoms with Crippen LogP contribution in [0.1, 0.15) is 36.9 Å². The molecule has 9 heteroatoms. The van der Waals surface area contributed by atoms with E-state index >= 15 is 0 Å². The molecule has 0 spiro atoms. The number of nitriles is 1. The van der Waals surface area contributed by atoms with Gasteiger partial charge >= 0.3 is 0 Å². The molecule has 1 N–H and O–H groups in total. The zero-order valence-electron chi connectivity index (χ0n) is 17.4. The largest absolute Gasteiger partial charge is 0.483 e. The first kappa shape index (κ1) is 22.6. The summed E-state index contributed by atoms with van der Waals surface area (Å²) in [5.41, 5.74) is 1.70. The minimum atomic E-state index is -0.326. The van der Waals surface area contributed by atoms with E-state index in [1.807, 2.05) is 35.8 Å². The fraction of sp³-hybridized carbons (Fsp3) is 0.273. The zero-order chi connectivity index (χ0) is 22.2. The lowest BCUT2D eigenvalue weighted by molar-refractivity contribution is -0.113. The average molecular weight is 454 g/mol. The van der Waals surface area contributed by atoms with Gasteiger partial charge in [0.15, 0.2) is 17.1 Å². The molecular weight excluding hydrogens is 430 g/mol. The highest BCUT2D eigenvalue weighted by Crippen LogP contribution is 2.26. The molecule has 2 aromatic heterocycles. The van der Waals surface area contributed by atoms with E-state index in [0.717, 1.165) is 12.2 Å². The quantitative estimate of drug-likeness (QED) is 0.349. The first-order valence-electron chi connectivity index (χ1n) is 9.75. The fourth-order valence-corrected chi connectivity index (χ4v) is 4.36. The molecule has 0 radical (unpaired) electrons. The number of rotatable bonds is 10. The highest BCUT2D eigenvalue weighted by atomic mass is 32.2. The number of carbonyl (C=O) groups is 1. The summed E-state index contributed by atoms with van der Waals surface area (Å²) >= 11 is 2.60. The van der Waals surface area contributed by atoms with Crippen LogP contribution in [-0.4, -0.2) is 26.4 Å². The highest BCUT2D eigenvalue weighted by Gasteiger charge is 2.20. The standard InChI is InChI=1S/C22H23N5O2S2/c1-4-11-27-20(15(3)29-18-8-6-16(5-2)7-9-18)25-26-22(27)31-14-19(28)24-21-17(13-23)10-12-30-21/h4,6-10,12,15H,1,5,11,14H2,2-3H3,(H,24,28). The maximum Gasteiger partial charge on any atom is 0.235 e. The molecule has 2 heterocycles. The topological polar surface area (TPSA) is 92.8 Å². The molecule has 0 aliphatic carbocycles. The molecule has 160 valence electrons. The third-order valence-corrected chi connectivity index (χ3v) is 6.23. The van der Waals surface area contributed by atoms with Crippen molar-refractivity contribution < 1.29 is 9.53 Å². The van der Waals surface area contributed by atoms with Gasteiger partial charge in [0.2, 0.25) is 5.91 Å². The summed E-state index contributed by atoms with van der Waals surface area (Å²) in [5.74, 6) is 1.35. The number of thioether (sulfide) groups is 1. The second-order valence-electron chi connectivity index (χ2n) is 6.61. The predicted octanol–water partition coefficient (Wildman–Crippen LogP) is 4.83. The third kappa shape index (κ3) is 5.75. The van der Waals surface area contributed by atoms with E-state index in [0.29, 0.717) is 28.1 Å². The minimum absolute atomic E-state index is 0.145. The second-order valence-corrected chi connectivity index (χ2v) is 8.47. The Balaban J connectivity index is 1.66. The van der Waals surface area contributed by atoms with Crippen LogP contribution < -0.4 is 10.1 Å². The molecule has 7 nitrogen and oxygen atoms in total. The Kier molecular flexibility index (Phi) is 7.87. The molecule has 0 saturated heterocycles. The Morgan fingerprint density at radius 3 is 2.84 bits per heavy atom. The normalized spacial score (nSPS) is 11.5. The molecule has 0 fully saturated rings. The van der Waals surface area contributed by atoms with E-state index in [2.05, 4.69) is 35.1 Å². The van der Waals surface area contributed by atoms with Crippen LogP contribution in [0.4, 0.5) is 5.00 Å². The van der Waals surface area contributed by atoms with Crippen molar-refractivity contribution >= 4 is 34.0 Å². The van der Waals surface area contributed by atoms with E-state index in [1.54, 1.807) is 17.5 Å². The molecule has 0 bridgehead atoms. The number of hydrogen-bond acceptors (Lipinski definition) is 7. The van der Waals surface area contributed by atoms with Crippen molar-refractivity contribution in [3.8, 4) is 11.8 Å². The molecule has 3 aromatic rings. The molecule has 1 unspecified atom stereocenters. The number of amides is 1. The second kappa shape index (κ2) is 10.8. The monoisotopic (exact) mass is 453 g/mol. The summed E-state index contributed by atoms with van der Waals surface area (Å²) in [6.45, 7) is 8.33. The fourth-order valence-electron chi connectivity index (χ4n) is 2.86. The third-order valence-electron chi connectivity index (χ3n) is 4.44. The summed E-state index contributed by atoms with van der Waals surface area (Å²) in [5, 5.41) is 23.3. The maximum absolute atomic E-state index is 12.3. The maximum atomic E-state index is 12.3. The van der Waals surface area contributed by atoms with Crippen LogP contribution >= 0.6 is 23.1 Å². The van der Waals surface area contributed by atoms with Crippen LogP contribution in [0, 0.1) is 11.3 Å². The van der Waals surface area contributed by atoms with E-state index in [4.69, 9.17) is 10.00 Å². The molecule has 0 aliphatic heterocycles. The van der Waals surface area contributed by atoms with E-state index < -0.39 is 0 Å². The number of thiophene rings is 1. The number of ether oxygens (including phenoxy) is 1. The SMILES string of the molecule is C=CCn1c(SCC(=O)Nc2sccc2C#N)nnc1C(C)Oc1ccc(CC)cc1. The first-order chi connectivity index (χ1) is 15.0. The number of carbonyl (C=O) groups excluding carboxylic acids is 1. The van der Waals surface area contributed by atoms with Gasteiger partial charge in [-0.05, 0) is 42.5 Å². The van der Waals surface area contributed by atoms with Crippen molar-refractivity contribution in [2.24, 2.45) is 0 Å². The highest BCUT2D eigenvalue weighted by molar-refractivity contribution is 7.99. The first-order valence-corrected chi connectivity index (χ1v) is 11.6. The molecule has 0 saturated carbocycles. The van der Waals surface area contributed by atoms with E-state index in [9.17, 15) is 4.79 Å². The summed E-state index contributed by atoms with van der Waals surface area (Å²) in [4.78, 5) is 12.3. The van der Waals surface area contributed by atoms with Crippen molar-refractivity contribution in [1.29, 1.82) is 5.26 Å². The average Bonchev–Trinajstić information content (AvgIpc) is 3.39. The number of aryl methyl sites for hydroxylation is 1. The number of benzene rings is 1. The molecule has 3 rings (SSSR count). The zero-order valence-corrected chi connectivity index (χ0v) is 19.0. The van der Waals surface area contributed by atoms with E-state index in [1.165, 1.54) is 28.7 Å². The molecule has 0 aliphatic rings. The summed E-state index contributed by atoms with van der Waals surface area (Å²) in [6, 6.07) is 11.7. The lowest BCUT2D eigenvalue weighted by Gasteiger charge is -2.16. The smallest absolute Gasteiger partial charge is 0.235 e. The lowest BCUT2D eigenvalue weighted by Crippen LogP contribution is -2.15. The summed E-state index contributed by atoms with van der Waals surface area (Å²) in [6.07, 6.45) is 2.40. The van der Waals surface area contributed by atoms with Gasteiger partial charge in [-0.15, -0.1) is 28.1 Å². The van der Waals surface area contributed by atoms with Crippen molar-refractivity contribution in [1.82, 2.24) is 14.8 Å². The van der Waals surface area contributed by atoms with Gasteiger partial charge in [0.05, 0.1) is 11.3 Å². The van der Waals surface area contributed by atoms with Gasteiger partial charge < -0.3 is 10.1 Å². The Hall–Kier alpha value is -3.09. The van der Waals surface area contributed by atoms with Crippen molar-refractivity contribution in [3.05, 3.63) is 65.3 Å². The van der Waals surface area contributed by atoms with Gasteiger partial charge in [-0.25, -0.2) is 0 Å². The number of nitrogens with zero attached hydrogens (tertiary/aromatic N) is 4. The van der Waals surface area contributed by atoms with Crippen LogP contribution in [0.15, 0.2) is 53.5 Å². The molecule has 1 atom stereocenters. The van der Waals surface area contributed by atoms with Crippen LogP contribution in [-0.2, 0) is 17.8 Å². The van der Waals surface area contributed by atoms with Gasteiger partial charge in [-0.2, -0.15) is 5.26 Å². The van der Waals surface area contributed by atoms with Gasteiger partial charge in [-0.1, -0.05) is 36.9 Å². The number of aromatic nitrogens is 3. The number of hydrogen-bond donors (Lipinski definition) is 1. The Morgan fingerprint density at radius 2 is 2.16 bits per heavy atom. The van der Waals surface area contributed by atoms with Gasteiger partial charge in [0, 0.05) is 6.54 Å². The number of nitrogens with one attached hydrogen (secondary N) is 1. The summed E-state index contributed by atoms with van der Waals surface area (Å²) < 4.78 is 7.94. The molecule has 31 heavy (non-hydrogen) atoms. The van der Waals surface area contributed by atoms with Gasteiger partial charge in [0.1, 0.15) is 16.8 Å². The van der Waals surface area contributed by atoms with Crippen molar-refractivity contribution in [2.45, 2.75) is 38.1 Å². The van der Waals surface area contributed by atoms with Crippen molar-refractivity contribution in [3.63, 3.8) is 0 Å². The number of allylic oxidation sites excluding steroid dienone is 1. The Bertz CT molecular complexity index is 1080. The van der Waals surface area contributed by atoms with Crippen LogP contribution in [0.2, 0.25) is 0 Å². The molecule has 1 aromatic carbocycles. The van der Waals surface area contributed by atoms with Crippen LogP contribution in [0.3, 0.4) is 0 Å². The predicted molar refractivity (Wildman–Crippen MR) is 123 cm³/mol. The number of anilines is 1. The molecular formula is C22H23N5O2S2.